The summed E-state index contributed by atoms with van der Waals surface area (Å²) in [5.74, 6) is 0.495. The first-order valence-electron chi connectivity index (χ1n) is 10.4. The van der Waals surface area contributed by atoms with Gasteiger partial charge in [0.2, 0.25) is 10.0 Å². The summed E-state index contributed by atoms with van der Waals surface area (Å²) in [6.45, 7) is 3.05. The Kier molecular flexibility index (Phi) is 6.33. The normalized spacial score (nSPS) is 19.7. The van der Waals surface area contributed by atoms with Gasteiger partial charge in [-0.1, -0.05) is 0 Å². The van der Waals surface area contributed by atoms with Crippen LogP contribution in [-0.2, 0) is 16.2 Å². The van der Waals surface area contributed by atoms with E-state index in [4.69, 9.17) is 0 Å². The van der Waals surface area contributed by atoms with Gasteiger partial charge in [0.25, 0.3) is 5.56 Å². The highest BCUT2D eigenvalue weighted by atomic mass is 32.2. The van der Waals surface area contributed by atoms with Crippen LogP contribution in [0.3, 0.4) is 0 Å². The van der Waals surface area contributed by atoms with Crippen LogP contribution in [0.15, 0.2) is 39.0 Å². The van der Waals surface area contributed by atoms with Crippen LogP contribution in [0.1, 0.15) is 18.4 Å². The van der Waals surface area contributed by atoms with Gasteiger partial charge in [0.1, 0.15) is 5.82 Å². The van der Waals surface area contributed by atoms with Crippen LogP contribution in [0.25, 0.3) is 0 Å². The topological polar surface area (TPSA) is 122 Å². The number of piperidine rings is 1. The smallest absolute Gasteiger partial charge is 0.354 e. The summed E-state index contributed by atoms with van der Waals surface area (Å²) in [6.07, 6.45) is -1.50. The maximum Gasteiger partial charge on any atom is 0.417 e. The van der Waals surface area contributed by atoms with Crippen LogP contribution >= 0.6 is 0 Å². The summed E-state index contributed by atoms with van der Waals surface area (Å²) in [7, 11) is -4.02. The molecule has 0 aromatic carbocycles. The number of nitrogens with one attached hydrogen (secondary N) is 2. The molecular weight excluding hydrogens is 465 g/mol. The fourth-order valence-corrected chi connectivity index (χ4v) is 5.70. The Morgan fingerprint density at radius 2 is 1.67 bits per heavy atom. The van der Waals surface area contributed by atoms with Crippen molar-refractivity contribution in [3.05, 3.63) is 50.9 Å². The molecular formula is C19H23F3N6O4S. The van der Waals surface area contributed by atoms with Crippen LogP contribution in [0, 0.1) is 0 Å². The molecule has 0 spiro atoms. The lowest BCUT2D eigenvalue weighted by Crippen LogP contribution is -2.54. The third-order valence-corrected chi connectivity index (χ3v) is 7.96. The molecule has 180 valence electrons. The molecule has 33 heavy (non-hydrogen) atoms. The quantitative estimate of drug-likeness (QED) is 0.641. The van der Waals surface area contributed by atoms with Gasteiger partial charge in [-0.05, 0) is 25.0 Å². The SMILES string of the molecule is O=c1[nH]cc(S(=O)(=O)N2CCC(N3CCN(c4ccc(C(F)(F)F)cn4)CC3)CC2)c(=O)[nH]1. The van der Waals surface area contributed by atoms with Gasteiger partial charge in [0.15, 0.2) is 4.90 Å². The van der Waals surface area contributed by atoms with Crippen molar-refractivity contribution in [2.75, 3.05) is 44.2 Å². The lowest BCUT2D eigenvalue weighted by Gasteiger charge is -2.42. The fourth-order valence-electron chi connectivity index (χ4n) is 4.23. The summed E-state index contributed by atoms with van der Waals surface area (Å²) in [5.41, 5.74) is -2.51. The van der Waals surface area contributed by atoms with E-state index in [0.717, 1.165) is 18.5 Å². The first-order valence-corrected chi connectivity index (χ1v) is 11.8. The van der Waals surface area contributed by atoms with Crippen molar-refractivity contribution >= 4 is 15.8 Å². The molecule has 0 unspecified atom stereocenters. The second-order valence-electron chi connectivity index (χ2n) is 8.00. The Bertz CT molecular complexity index is 1200. The minimum atomic E-state index is -4.42. The van der Waals surface area contributed by atoms with E-state index in [1.807, 2.05) is 9.88 Å². The number of piperazine rings is 1. The molecule has 0 atom stereocenters. The second-order valence-corrected chi connectivity index (χ2v) is 9.90. The van der Waals surface area contributed by atoms with E-state index < -0.39 is 37.9 Å². The molecule has 4 heterocycles. The molecule has 2 aliphatic heterocycles. The van der Waals surface area contributed by atoms with E-state index in [1.54, 1.807) is 0 Å². The van der Waals surface area contributed by atoms with Crippen molar-refractivity contribution < 1.29 is 21.6 Å². The van der Waals surface area contributed by atoms with Crippen LogP contribution in [0.5, 0.6) is 0 Å². The van der Waals surface area contributed by atoms with Crippen LogP contribution < -0.4 is 16.1 Å². The lowest BCUT2D eigenvalue weighted by atomic mass is 10.0. The number of halogens is 3. The molecule has 2 fully saturated rings. The van der Waals surface area contributed by atoms with Crippen LogP contribution in [0.2, 0.25) is 0 Å². The first-order chi connectivity index (χ1) is 15.6. The number of hydrogen-bond acceptors (Lipinski definition) is 7. The third-order valence-electron chi connectivity index (χ3n) is 6.06. The molecule has 14 heteroatoms. The predicted molar refractivity (Wildman–Crippen MR) is 112 cm³/mol. The van der Waals surface area contributed by atoms with Crippen molar-refractivity contribution in [2.24, 2.45) is 0 Å². The Hall–Kier alpha value is -2.71. The number of hydrogen-bond donors (Lipinski definition) is 2. The molecule has 4 rings (SSSR count). The van der Waals surface area contributed by atoms with E-state index in [2.05, 4.69) is 14.9 Å². The summed E-state index contributed by atoms with van der Waals surface area (Å²) >= 11 is 0. The predicted octanol–water partition coefficient (Wildman–Crippen LogP) is 0.452. The zero-order valence-electron chi connectivity index (χ0n) is 17.5. The van der Waals surface area contributed by atoms with Gasteiger partial charge < -0.3 is 9.88 Å². The van der Waals surface area contributed by atoms with Gasteiger partial charge in [-0.2, -0.15) is 17.5 Å². The Morgan fingerprint density at radius 1 is 1.00 bits per heavy atom. The molecule has 2 aromatic rings. The number of nitrogens with zero attached hydrogens (tertiary/aromatic N) is 4. The minimum absolute atomic E-state index is 0.160. The molecule has 2 aliphatic rings. The van der Waals surface area contributed by atoms with Crippen molar-refractivity contribution in [3.8, 4) is 0 Å². The zero-order valence-corrected chi connectivity index (χ0v) is 18.3. The average molecular weight is 488 g/mol. The summed E-state index contributed by atoms with van der Waals surface area (Å²) in [5, 5.41) is 0. The van der Waals surface area contributed by atoms with E-state index in [-0.39, 0.29) is 19.1 Å². The lowest BCUT2D eigenvalue weighted by molar-refractivity contribution is -0.137. The van der Waals surface area contributed by atoms with Gasteiger partial charge in [0.05, 0.1) is 5.56 Å². The first kappa shape index (κ1) is 23.4. The number of pyridine rings is 1. The molecule has 2 saturated heterocycles. The molecule has 10 nitrogen and oxygen atoms in total. The molecule has 0 aliphatic carbocycles. The van der Waals surface area contributed by atoms with Crippen molar-refractivity contribution in [1.29, 1.82) is 0 Å². The highest BCUT2D eigenvalue weighted by Gasteiger charge is 2.35. The van der Waals surface area contributed by atoms with E-state index in [1.165, 1.54) is 10.4 Å². The van der Waals surface area contributed by atoms with Gasteiger partial charge >= 0.3 is 11.9 Å². The standard InChI is InChI=1S/C19H23F3N6O4S/c20-19(21,22)13-1-2-16(23-11-13)27-9-7-26(8-10-27)14-3-5-28(6-4-14)33(31,32)15-12-24-18(30)25-17(15)29/h1-2,11-12,14H,3-10H2,(H2,24,25,29,30). The summed E-state index contributed by atoms with van der Waals surface area (Å²) in [4.78, 5) is 34.8. The van der Waals surface area contributed by atoms with Crippen LogP contribution in [-0.4, -0.2) is 77.9 Å². The second kappa shape index (κ2) is 8.91. The van der Waals surface area contributed by atoms with Crippen LogP contribution in [0.4, 0.5) is 19.0 Å². The average Bonchev–Trinajstić information content (AvgIpc) is 2.78. The number of rotatable bonds is 4. The van der Waals surface area contributed by atoms with Gasteiger partial charge in [-0.25, -0.2) is 18.2 Å². The molecule has 0 bridgehead atoms. The Labute approximate surface area is 187 Å². The fraction of sp³-hybridized carbons (Fsp3) is 0.526. The molecule has 0 radical (unpaired) electrons. The number of aromatic amines is 2. The largest absolute Gasteiger partial charge is 0.417 e. The monoisotopic (exact) mass is 488 g/mol. The highest BCUT2D eigenvalue weighted by Crippen LogP contribution is 2.30. The van der Waals surface area contributed by atoms with E-state index in [0.29, 0.717) is 44.8 Å². The molecule has 2 aromatic heterocycles. The third kappa shape index (κ3) is 4.96. The summed E-state index contributed by atoms with van der Waals surface area (Å²) in [6, 6.07) is 2.56. The summed E-state index contributed by atoms with van der Waals surface area (Å²) < 4.78 is 65.0. The number of H-pyrrole nitrogens is 2. The molecule has 0 amide bonds. The van der Waals surface area contributed by atoms with Gasteiger partial charge in [0, 0.05) is 57.7 Å². The molecule has 0 saturated carbocycles. The maximum atomic E-state index is 12.8. The highest BCUT2D eigenvalue weighted by molar-refractivity contribution is 7.89. The Morgan fingerprint density at radius 3 is 2.21 bits per heavy atom. The minimum Gasteiger partial charge on any atom is -0.354 e. The van der Waals surface area contributed by atoms with Gasteiger partial charge in [-0.15, -0.1) is 0 Å². The number of sulfonamides is 1. The van der Waals surface area contributed by atoms with Crippen molar-refractivity contribution in [3.63, 3.8) is 0 Å². The van der Waals surface area contributed by atoms with Gasteiger partial charge in [-0.3, -0.25) is 14.7 Å². The number of alkyl halides is 3. The zero-order chi connectivity index (χ0) is 23.8. The van der Waals surface area contributed by atoms with Crippen molar-refractivity contribution in [2.45, 2.75) is 30.0 Å². The van der Waals surface area contributed by atoms with Crippen molar-refractivity contribution in [1.82, 2.24) is 24.2 Å². The number of aromatic nitrogens is 3. The maximum absolute atomic E-state index is 12.8. The van der Waals surface area contributed by atoms with E-state index in [9.17, 15) is 31.2 Å². The Balaban J connectivity index is 1.32. The molecule has 2 N–H and O–H groups in total. The number of anilines is 1. The van der Waals surface area contributed by atoms with E-state index >= 15 is 0 Å².